The fourth-order valence-electron chi connectivity index (χ4n) is 6.43. The second-order valence-electron chi connectivity index (χ2n) is 10.2. The second-order valence-corrected chi connectivity index (χ2v) is 13.3. The minimum Gasteiger partial charge on any atom is -0.273 e. The maximum absolute atomic E-state index is 13.7. The number of amides is 1. The van der Waals surface area contributed by atoms with Crippen LogP contribution in [0.3, 0.4) is 0 Å². The van der Waals surface area contributed by atoms with Crippen molar-refractivity contribution in [2.75, 3.05) is 5.75 Å². The predicted molar refractivity (Wildman–Crippen MR) is 123 cm³/mol. The van der Waals surface area contributed by atoms with Gasteiger partial charge in [0.2, 0.25) is 15.9 Å². The topological polar surface area (TPSA) is 54.5 Å². The Bertz CT molecular complexity index is 898. The molecule has 2 saturated carbocycles. The molecule has 1 spiro atoms. The van der Waals surface area contributed by atoms with Gasteiger partial charge < -0.3 is 0 Å². The van der Waals surface area contributed by atoms with E-state index >= 15 is 0 Å². The summed E-state index contributed by atoms with van der Waals surface area (Å²) < 4.78 is 27.9. The lowest BCUT2D eigenvalue weighted by molar-refractivity contribution is -0.132. The number of sulfonamides is 1. The molecule has 1 aromatic carbocycles. The largest absolute Gasteiger partial charge is 0.273 e. The van der Waals surface area contributed by atoms with Crippen molar-refractivity contribution >= 4 is 27.7 Å². The highest BCUT2D eigenvalue weighted by molar-refractivity contribution is 8.00. The molecule has 1 aliphatic heterocycles. The van der Waals surface area contributed by atoms with E-state index in [1.807, 2.05) is 25.1 Å². The first-order valence-electron chi connectivity index (χ1n) is 11.4. The van der Waals surface area contributed by atoms with E-state index in [-0.39, 0.29) is 39.7 Å². The fraction of sp³-hybridized carbons (Fsp3) is 0.708. The first-order valence-corrected chi connectivity index (χ1v) is 13.9. The molecule has 1 saturated heterocycles. The maximum atomic E-state index is 13.7. The smallest absolute Gasteiger partial charge is 0.240 e. The van der Waals surface area contributed by atoms with Gasteiger partial charge in [-0.05, 0) is 49.1 Å². The number of carbonyl (C=O) groups is 1. The quantitative estimate of drug-likeness (QED) is 0.527. The van der Waals surface area contributed by atoms with E-state index in [1.165, 1.54) is 4.31 Å². The van der Waals surface area contributed by atoms with E-state index in [0.29, 0.717) is 5.92 Å². The lowest BCUT2D eigenvalue weighted by Crippen LogP contribution is -2.47. The Morgan fingerprint density at radius 1 is 1.27 bits per heavy atom. The van der Waals surface area contributed by atoms with Gasteiger partial charge in [-0.25, -0.2) is 12.7 Å². The number of fused-ring (bicyclic) bond motifs is 1. The normalized spacial score (nSPS) is 32.7. The number of hydrogen-bond acceptors (Lipinski definition) is 4. The molecule has 4 nitrogen and oxygen atoms in total. The molecule has 166 valence electrons. The van der Waals surface area contributed by atoms with Crippen LogP contribution in [0.25, 0.3) is 0 Å². The van der Waals surface area contributed by atoms with Crippen molar-refractivity contribution in [1.29, 1.82) is 0 Å². The summed E-state index contributed by atoms with van der Waals surface area (Å²) in [6, 6.07) is 10.0. The number of unbranched alkanes of at least 4 members (excludes halogenated alkanes) is 1. The Hall–Kier alpha value is -1.01. The molecule has 3 aliphatic rings. The average molecular weight is 450 g/mol. The zero-order chi connectivity index (χ0) is 21.7. The average Bonchev–Trinajstić information content (AvgIpc) is 3.18. The summed E-state index contributed by atoms with van der Waals surface area (Å²) in [6.45, 7) is 8.56. The molecule has 0 unspecified atom stereocenters. The van der Waals surface area contributed by atoms with Crippen LogP contribution in [0.4, 0.5) is 0 Å². The van der Waals surface area contributed by atoms with E-state index in [4.69, 9.17) is 0 Å². The van der Waals surface area contributed by atoms with Gasteiger partial charge in [0.25, 0.3) is 0 Å². The first kappa shape index (κ1) is 22.2. The highest BCUT2D eigenvalue weighted by Gasteiger charge is 2.72. The third-order valence-electron chi connectivity index (χ3n) is 8.45. The molecular formula is C24H35NO3S2. The molecule has 3 fully saturated rings. The van der Waals surface area contributed by atoms with Crippen LogP contribution in [0, 0.1) is 22.7 Å². The van der Waals surface area contributed by atoms with Gasteiger partial charge in [-0.2, -0.15) is 0 Å². The number of nitrogens with zero attached hydrogens (tertiary/aromatic N) is 1. The van der Waals surface area contributed by atoms with E-state index in [0.717, 1.165) is 43.4 Å². The zero-order valence-corrected chi connectivity index (χ0v) is 20.3. The van der Waals surface area contributed by atoms with Crippen LogP contribution in [0.5, 0.6) is 0 Å². The monoisotopic (exact) mass is 449 g/mol. The molecule has 0 N–H and O–H groups in total. The predicted octanol–water partition coefficient (Wildman–Crippen LogP) is 5.34. The number of carbonyl (C=O) groups excluding carboxylic acids is 1. The van der Waals surface area contributed by atoms with Gasteiger partial charge in [0, 0.05) is 21.5 Å². The minimum absolute atomic E-state index is 0.0105. The number of hydrogen-bond donors (Lipinski definition) is 0. The Balaban J connectivity index is 1.60. The van der Waals surface area contributed by atoms with Gasteiger partial charge in [-0.3, -0.25) is 4.79 Å². The van der Waals surface area contributed by atoms with Crippen LogP contribution in [0.15, 0.2) is 35.2 Å². The molecule has 0 aromatic heterocycles. The van der Waals surface area contributed by atoms with Crippen molar-refractivity contribution in [2.45, 2.75) is 82.4 Å². The van der Waals surface area contributed by atoms with Gasteiger partial charge in [0.1, 0.15) is 0 Å². The van der Waals surface area contributed by atoms with Gasteiger partial charge >= 0.3 is 0 Å². The summed E-state index contributed by atoms with van der Waals surface area (Å²) in [7, 11) is -3.56. The standard InChI is InChI=1S/C24H35NO3S2/c1-5-6-12-20(29-19-10-8-7-9-11-19)17(2)22(26)25-21-15-18-13-14-24(21,23(18,3)4)16-30(25,27)28/h7-11,17-18,20-21H,5-6,12-16H2,1-4H3/t17-,18+,20+,21+,24+/m1/s1. The maximum Gasteiger partial charge on any atom is 0.240 e. The number of rotatable bonds is 7. The highest BCUT2D eigenvalue weighted by Crippen LogP contribution is 2.70. The lowest BCUT2D eigenvalue weighted by atomic mass is 9.69. The molecule has 1 heterocycles. The summed E-state index contributed by atoms with van der Waals surface area (Å²) >= 11 is 1.72. The van der Waals surface area contributed by atoms with Crippen molar-refractivity contribution in [2.24, 2.45) is 22.7 Å². The molecule has 1 aromatic rings. The molecule has 0 radical (unpaired) electrons. The van der Waals surface area contributed by atoms with Crippen LogP contribution in [-0.4, -0.2) is 35.7 Å². The Morgan fingerprint density at radius 3 is 2.60 bits per heavy atom. The van der Waals surface area contributed by atoms with Crippen LogP contribution in [0.1, 0.15) is 66.2 Å². The number of thioether (sulfide) groups is 1. The minimum atomic E-state index is -3.56. The van der Waals surface area contributed by atoms with Gasteiger partial charge in [-0.1, -0.05) is 58.7 Å². The zero-order valence-electron chi connectivity index (χ0n) is 18.6. The third-order valence-corrected chi connectivity index (χ3v) is 11.9. The summed E-state index contributed by atoms with van der Waals surface area (Å²) in [5.74, 6) is 0.176. The van der Waals surface area contributed by atoms with Crippen LogP contribution in [-0.2, 0) is 14.8 Å². The molecule has 1 amide bonds. The number of benzene rings is 1. The second kappa shape index (κ2) is 7.84. The summed E-state index contributed by atoms with van der Waals surface area (Å²) in [5.41, 5.74) is -0.263. The molecule has 2 bridgehead atoms. The van der Waals surface area contributed by atoms with Crippen molar-refractivity contribution < 1.29 is 13.2 Å². The molecule has 6 heteroatoms. The Kier molecular flexibility index (Phi) is 5.80. The Morgan fingerprint density at radius 2 is 1.97 bits per heavy atom. The Labute approximate surface area is 186 Å². The molecule has 4 rings (SSSR count). The molecule has 30 heavy (non-hydrogen) atoms. The van der Waals surface area contributed by atoms with E-state index in [9.17, 15) is 13.2 Å². The molecule has 2 aliphatic carbocycles. The fourth-order valence-corrected chi connectivity index (χ4v) is 10.3. The van der Waals surface area contributed by atoms with Crippen molar-refractivity contribution in [3.8, 4) is 0 Å². The van der Waals surface area contributed by atoms with Gasteiger partial charge in [-0.15, -0.1) is 11.8 Å². The van der Waals surface area contributed by atoms with Crippen molar-refractivity contribution in [3.63, 3.8) is 0 Å². The highest BCUT2D eigenvalue weighted by atomic mass is 32.2. The first-order chi connectivity index (χ1) is 14.1. The molecule has 5 atom stereocenters. The van der Waals surface area contributed by atoms with Crippen LogP contribution >= 0.6 is 11.8 Å². The van der Waals surface area contributed by atoms with Crippen LogP contribution < -0.4 is 0 Å². The van der Waals surface area contributed by atoms with E-state index in [1.54, 1.807) is 11.8 Å². The summed E-state index contributed by atoms with van der Waals surface area (Å²) in [6.07, 6.45) is 5.90. The third kappa shape index (κ3) is 3.33. The van der Waals surface area contributed by atoms with Crippen LogP contribution in [0.2, 0.25) is 0 Å². The summed E-state index contributed by atoms with van der Waals surface area (Å²) in [5, 5.41) is 0.0817. The SMILES string of the molecule is CCCC[C@H](Sc1ccccc1)[C@@H](C)C(=O)N1[C@H]2C[C@@H]3CC[C@@]2(CS1(=O)=O)C3(C)C. The van der Waals surface area contributed by atoms with Crippen molar-refractivity contribution in [3.05, 3.63) is 30.3 Å². The van der Waals surface area contributed by atoms with Gasteiger partial charge in [0.05, 0.1) is 11.8 Å². The van der Waals surface area contributed by atoms with E-state index in [2.05, 4.69) is 32.9 Å². The van der Waals surface area contributed by atoms with E-state index < -0.39 is 10.0 Å². The summed E-state index contributed by atoms with van der Waals surface area (Å²) in [4.78, 5) is 14.9. The van der Waals surface area contributed by atoms with Gasteiger partial charge in [0.15, 0.2) is 0 Å². The van der Waals surface area contributed by atoms with Crippen molar-refractivity contribution in [1.82, 2.24) is 4.31 Å². The molecular weight excluding hydrogens is 414 g/mol. The lowest BCUT2D eigenvalue weighted by Gasteiger charge is -2.37.